The van der Waals surface area contributed by atoms with Gasteiger partial charge in [0.2, 0.25) is 5.28 Å². The van der Waals surface area contributed by atoms with Crippen LogP contribution in [0.2, 0.25) is 5.28 Å². The van der Waals surface area contributed by atoms with Crippen LogP contribution in [-0.4, -0.2) is 14.8 Å². The van der Waals surface area contributed by atoms with Crippen LogP contribution < -0.4 is 0 Å². The van der Waals surface area contributed by atoms with E-state index in [0.29, 0.717) is 5.28 Å². The molecule has 0 radical (unpaired) electrons. The lowest BCUT2D eigenvalue weighted by Gasteiger charge is -2.07. The van der Waals surface area contributed by atoms with E-state index in [-0.39, 0.29) is 0 Å². The molecule has 0 saturated carbocycles. The van der Waals surface area contributed by atoms with E-state index in [1.807, 2.05) is 16.7 Å². The summed E-state index contributed by atoms with van der Waals surface area (Å²) in [6.07, 6.45) is 1.91. The summed E-state index contributed by atoms with van der Waals surface area (Å²) in [4.78, 5) is 0. The number of rotatable bonds is 3. The molecule has 0 saturated heterocycles. The van der Waals surface area contributed by atoms with Gasteiger partial charge in [-0.1, -0.05) is 24.6 Å². The molecule has 0 bridgehead atoms. The quantitative estimate of drug-likeness (QED) is 0.818. The molecule has 3 nitrogen and oxygen atoms in total. The molecular weight excluding hydrogens is 222 g/mol. The fourth-order valence-electron chi connectivity index (χ4n) is 1.63. The number of halogens is 1. The van der Waals surface area contributed by atoms with Crippen LogP contribution >= 0.6 is 11.6 Å². The summed E-state index contributed by atoms with van der Waals surface area (Å²) in [5.74, 6) is 0.913. The minimum absolute atomic E-state index is 0.423. The van der Waals surface area contributed by atoms with Crippen LogP contribution in [-0.2, 0) is 6.42 Å². The van der Waals surface area contributed by atoms with Crippen molar-refractivity contribution in [3.05, 3.63) is 40.9 Å². The third-order valence-electron chi connectivity index (χ3n) is 2.46. The highest BCUT2D eigenvalue weighted by Gasteiger charge is 2.10. The van der Waals surface area contributed by atoms with E-state index in [9.17, 15) is 0 Å². The SMILES string of the molecule is CCCc1nnc(Cl)n1-c1ccc(C)cc1. The Morgan fingerprint density at radius 3 is 2.50 bits per heavy atom. The van der Waals surface area contributed by atoms with E-state index >= 15 is 0 Å². The molecule has 84 valence electrons. The first-order chi connectivity index (χ1) is 7.72. The van der Waals surface area contributed by atoms with Crippen molar-refractivity contribution in [2.24, 2.45) is 0 Å². The van der Waals surface area contributed by atoms with Gasteiger partial charge in [-0.3, -0.25) is 4.57 Å². The van der Waals surface area contributed by atoms with Crippen LogP contribution in [0.15, 0.2) is 24.3 Å². The standard InChI is InChI=1S/C12H14ClN3/c1-3-4-11-14-15-12(13)16(11)10-7-5-9(2)6-8-10/h5-8H,3-4H2,1-2H3. The third-order valence-corrected chi connectivity index (χ3v) is 2.70. The van der Waals surface area contributed by atoms with Crippen molar-refractivity contribution in [1.29, 1.82) is 0 Å². The lowest BCUT2D eigenvalue weighted by atomic mass is 10.2. The lowest BCUT2D eigenvalue weighted by molar-refractivity contribution is 0.803. The topological polar surface area (TPSA) is 30.7 Å². The van der Waals surface area contributed by atoms with E-state index in [1.165, 1.54) is 5.56 Å². The van der Waals surface area contributed by atoms with Crippen molar-refractivity contribution in [3.8, 4) is 5.69 Å². The molecule has 0 fully saturated rings. The Hall–Kier alpha value is -1.35. The fraction of sp³-hybridized carbons (Fsp3) is 0.333. The van der Waals surface area contributed by atoms with Gasteiger partial charge in [-0.05, 0) is 37.1 Å². The number of nitrogens with zero attached hydrogens (tertiary/aromatic N) is 3. The molecule has 0 aliphatic heterocycles. The number of benzene rings is 1. The Balaban J connectivity index is 2.45. The molecular formula is C12H14ClN3. The molecule has 0 aliphatic rings. The summed E-state index contributed by atoms with van der Waals surface area (Å²) in [5.41, 5.74) is 2.24. The first-order valence-corrected chi connectivity index (χ1v) is 5.77. The number of aromatic nitrogens is 3. The normalized spacial score (nSPS) is 10.7. The second-order valence-corrected chi connectivity index (χ2v) is 4.14. The van der Waals surface area contributed by atoms with Gasteiger partial charge in [0.25, 0.3) is 0 Å². The Kier molecular flexibility index (Phi) is 3.25. The Morgan fingerprint density at radius 1 is 1.19 bits per heavy atom. The molecule has 2 rings (SSSR count). The van der Waals surface area contributed by atoms with Crippen molar-refractivity contribution < 1.29 is 0 Å². The molecule has 0 aliphatic carbocycles. The predicted molar refractivity (Wildman–Crippen MR) is 65.1 cm³/mol. The van der Waals surface area contributed by atoms with Gasteiger partial charge in [0, 0.05) is 12.1 Å². The predicted octanol–water partition coefficient (Wildman–Crippen LogP) is 3.18. The van der Waals surface area contributed by atoms with E-state index in [0.717, 1.165) is 24.4 Å². The molecule has 4 heteroatoms. The molecule has 1 heterocycles. The molecule has 2 aromatic rings. The van der Waals surface area contributed by atoms with Gasteiger partial charge < -0.3 is 0 Å². The van der Waals surface area contributed by atoms with Crippen molar-refractivity contribution in [1.82, 2.24) is 14.8 Å². The molecule has 0 N–H and O–H groups in total. The van der Waals surface area contributed by atoms with Crippen LogP contribution in [0.5, 0.6) is 0 Å². The fourth-order valence-corrected chi connectivity index (χ4v) is 1.86. The first kappa shape index (κ1) is 11.1. The second-order valence-electron chi connectivity index (χ2n) is 3.81. The van der Waals surface area contributed by atoms with Crippen LogP contribution in [0.3, 0.4) is 0 Å². The maximum atomic E-state index is 6.04. The van der Waals surface area contributed by atoms with Crippen molar-refractivity contribution in [2.45, 2.75) is 26.7 Å². The first-order valence-electron chi connectivity index (χ1n) is 5.39. The summed E-state index contributed by atoms with van der Waals surface area (Å²) in [5, 5.41) is 8.42. The van der Waals surface area contributed by atoms with E-state index < -0.39 is 0 Å². The van der Waals surface area contributed by atoms with Gasteiger partial charge in [0.05, 0.1) is 0 Å². The molecule has 0 atom stereocenters. The van der Waals surface area contributed by atoms with Gasteiger partial charge in [0.15, 0.2) is 0 Å². The minimum atomic E-state index is 0.423. The van der Waals surface area contributed by atoms with Crippen LogP contribution in [0.4, 0.5) is 0 Å². The molecule has 0 amide bonds. The Bertz CT molecular complexity index is 474. The highest BCUT2D eigenvalue weighted by Crippen LogP contribution is 2.18. The largest absolute Gasteiger partial charge is 0.270 e. The molecule has 1 aromatic carbocycles. The Morgan fingerprint density at radius 2 is 1.88 bits per heavy atom. The number of hydrogen-bond acceptors (Lipinski definition) is 2. The summed E-state index contributed by atoms with van der Waals surface area (Å²) >= 11 is 6.04. The van der Waals surface area contributed by atoms with Gasteiger partial charge >= 0.3 is 0 Å². The maximum absolute atomic E-state index is 6.04. The zero-order valence-electron chi connectivity index (χ0n) is 9.44. The second kappa shape index (κ2) is 4.66. The zero-order chi connectivity index (χ0) is 11.5. The molecule has 0 unspecified atom stereocenters. The van der Waals surface area contributed by atoms with Gasteiger partial charge in [-0.25, -0.2) is 0 Å². The molecule has 16 heavy (non-hydrogen) atoms. The maximum Gasteiger partial charge on any atom is 0.229 e. The van der Waals surface area contributed by atoms with Crippen molar-refractivity contribution in [3.63, 3.8) is 0 Å². The molecule has 0 spiro atoms. The van der Waals surface area contributed by atoms with E-state index in [4.69, 9.17) is 11.6 Å². The van der Waals surface area contributed by atoms with E-state index in [2.05, 4.69) is 36.2 Å². The monoisotopic (exact) mass is 235 g/mol. The van der Waals surface area contributed by atoms with Crippen LogP contribution in [0.1, 0.15) is 24.7 Å². The molecule has 1 aromatic heterocycles. The summed E-state index contributed by atoms with van der Waals surface area (Å²) in [7, 11) is 0. The lowest BCUT2D eigenvalue weighted by Crippen LogP contribution is -2.01. The smallest absolute Gasteiger partial charge is 0.229 e. The third kappa shape index (κ3) is 2.09. The van der Waals surface area contributed by atoms with Crippen LogP contribution in [0, 0.1) is 6.92 Å². The summed E-state index contributed by atoms with van der Waals surface area (Å²) in [6, 6.07) is 8.18. The van der Waals surface area contributed by atoms with Crippen molar-refractivity contribution in [2.75, 3.05) is 0 Å². The highest BCUT2D eigenvalue weighted by atomic mass is 35.5. The van der Waals surface area contributed by atoms with Gasteiger partial charge in [0.1, 0.15) is 5.82 Å². The van der Waals surface area contributed by atoms with Gasteiger partial charge in [-0.15, -0.1) is 10.2 Å². The average Bonchev–Trinajstić information content (AvgIpc) is 2.62. The van der Waals surface area contributed by atoms with Gasteiger partial charge in [-0.2, -0.15) is 0 Å². The number of hydrogen-bond donors (Lipinski definition) is 0. The zero-order valence-corrected chi connectivity index (χ0v) is 10.2. The number of aryl methyl sites for hydroxylation is 2. The Labute approximate surface area is 100 Å². The summed E-state index contributed by atoms with van der Waals surface area (Å²) in [6.45, 7) is 4.17. The highest BCUT2D eigenvalue weighted by molar-refractivity contribution is 6.28. The van der Waals surface area contributed by atoms with Crippen molar-refractivity contribution >= 4 is 11.6 Å². The average molecular weight is 236 g/mol. The minimum Gasteiger partial charge on any atom is -0.270 e. The summed E-state index contributed by atoms with van der Waals surface area (Å²) < 4.78 is 1.89. The van der Waals surface area contributed by atoms with E-state index in [1.54, 1.807) is 0 Å². The van der Waals surface area contributed by atoms with Crippen LogP contribution in [0.25, 0.3) is 5.69 Å².